The first kappa shape index (κ1) is 10.0. The van der Waals surface area contributed by atoms with Crippen molar-refractivity contribution in [2.24, 2.45) is 0 Å². The number of carbonyl (C=O) groups excluding carboxylic acids is 3. The third-order valence-corrected chi connectivity index (χ3v) is 1.33. The Labute approximate surface area is 65.8 Å². The molecule has 0 amide bonds. The summed E-state index contributed by atoms with van der Waals surface area (Å²) in [6.45, 7) is 2.72. The number of Topliss-reactive ketones (excluding diaryl/α,β-unsaturated/α-hetero) is 3. The molecule has 0 aliphatic rings. The smallest absolute Gasteiger partial charge is 0.198 e. The van der Waals surface area contributed by atoms with Crippen molar-refractivity contribution in [2.45, 2.75) is 33.1 Å². The summed E-state index contributed by atoms with van der Waals surface area (Å²) in [4.78, 5) is 31.4. The number of rotatable bonds is 5. The van der Waals surface area contributed by atoms with Crippen molar-refractivity contribution in [1.29, 1.82) is 0 Å². The van der Waals surface area contributed by atoms with Crippen LogP contribution in [0.3, 0.4) is 0 Å². The van der Waals surface area contributed by atoms with Gasteiger partial charge in [0, 0.05) is 19.8 Å². The van der Waals surface area contributed by atoms with Crippen LogP contribution in [0.15, 0.2) is 0 Å². The molecule has 0 aromatic heterocycles. The summed E-state index contributed by atoms with van der Waals surface area (Å²) in [5.41, 5.74) is 0. The standard InChI is InChI=1S/C8H12O3/c1-6(9)4-3-5-8(11)7(2)10/h3-5H2,1-2H3. The molecule has 0 aliphatic heterocycles. The Morgan fingerprint density at radius 1 is 1.00 bits per heavy atom. The van der Waals surface area contributed by atoms with Crippen molar-refractivity contribution in [2.75, 3.05) is 0 Å². The maximum Gasteiger partial charge on any atom is 0.198 e. The Morgan fingerprint density at radius 2 is 1.55 bits per heavy atom. The molecule has 0 aromatic carbocycles. The minimum absolute atomic E-state index is 0.0568. The molecular formula is C8H12O3. The van der Waals surface area contributed by atoms with Crippen LogP contribution in [0.2, 0.25) is 0 Å². The highest BCUT2D eigenvalue weighted by Gasteiger charge is 2.06. The van der Waals surface area contributed by atoms with Gasteiger partial charge in [-0.3, -0.25) is 9.59 Å². The van der Waals surface area contributed by atoms with Gasteiger partial charge in [-0.2, -0.15) is 0 Å². The number of hydrogen-bond donors (Lipinski definition) is 0. The average Bonchev–Trinajstić information content (AvgIpc) is 1.86. The molecule has 3 nitrogen and oxygen atoms in total. The van der Waals surface area contributed by atoms with Gasteiger partial charge >= 0.3 is 0 Å². The van der Waals surface area contributed by atoms with Crippen LogP contribution in [-0.2, 0) is 14.4 Å². The van der Waals surface area contributed by atoms with Crippen LogP contribution in [0.1, 0.15) is 33.1 Å². The third-order valence-electron chi connectivity index (χ3n) is 1.33. The van der Waals surface area contributed by atoms with Gasteiger partial charge in [-0.1, -0.05) is 0 Å². The van der Waals surface area contributed by atoms with E-state index < -0.39 is 5.78 Å². The summed E-state index contributed by atoms with van der Waals surface area (Å²) in [5.74, 6) is -0.749. The maximum absolute atomic E-state index is 10.7. The first-order valence-corrected chi connectivity index (χ1v) is 3.57. The highest BCUT2D eigenvalue weighted by Crippen LogP contribution is 1.97. The molecule has 0 fully saturated rings. The highest BCUT2D eigenvalue weighted by atomic mass is 16.2. The summed E-state index contributed by atoms with van der Waals surface area (Å²) in [6.07, 6.45) is 1.08. The lowest BCUT2D eigenvalue weighted by molar-refractivity contribution is -0.135. The van der Waals surface area contributed by atoms with Gasteiger partial charge < -0.3 is 4.79 Å². The molecule has 0 rings (SSSR count). The van der Waals surface area contributed by atoms with Crippen LogP contribution in [-0.4, -0.2) is 17.3 Å². The van der Waals surface area contributed by atoms with E-state index in [-0.39, 0.29) is 18.0 Å². The van der Waals surface area contributed by atoms with Crippen molar-refractivity contribution >= 4 is 17.3 Å². The van der Waals surface area contributed by atoms with Gasteiger partial charge in [0.15, 0.2) is 11.6 Å². The van der Waals surface area contributed by atoms with Crippen molar-refractivity contribution in [3.8, 4) is 0 Å². The van der Waals surface area contributed by atoms with E-state index in [9.17, 15) is 14.4 Å². The van der Waals surface area contributed by atoms with Crippen LogP contribution in [0.25, 0.3) is 0 Å². The van der Waals surface area contributed by atoms with Crippen molar-refractivity contribution in [3.63, 3.8) is 0 Å². The average molecular weight is 156 g/mol. The topological polar surface area (TPSA) is 51.2 Å². The van der Waals surface area contributed by atoms with E-state index in [1.54, 1.807) is 0 Å². The lowest BCUT2D eigenvalue weighted by atomic mass is 10.1. The van der Waals surface area contributed by atoms with Gasteiger partial charge in [0.1, 0.15) is 5.78 Å². The Kier molecular flexibility index (Phi) is 4.34. The van der Waals surface area contributed by atoms with Crippen LogP contribution < -0.4 is 0 Å². The molecule has 0 saturated heterocycles. The zero-order chi connectivity index (χ0) is 8.85. The fourth-order valence-corrected chi connectivity index (χ4v) is 0.674. The molecule has 0 N–H and O–H groups in total. The predicted octanol–water partition coefficient (Wildman–Crippen LogP) is 0.904. The van der Waals surface area contributed by atoms with Crippen molar-refractivity contribution in [1.82, 2.24) is 0 Å². The van der Waals surface area contributed by atoms with Crippen molar-refractivity contribution < 1.29 is 14.4 Å². The minimum atomic E-state index is -0.423. The molecule has 0 saturated carbocycles. The molecule has 3 heteroatoms. The lowest BCUT2D eigenvalue weighted by Gasteiger charge is -1.93. The molecular weight excluding hydrogens is 144 g/mol. The minimum Gasteiger partial charge on any atom is -0.300 e. The number of hydrogen-bond acceptors (Lipinski definition) is 3. The molecule has 0 unspecified atom stereocenters. The Bertz CT molecular complexity index is 182. The fraction of sp³-hybridized carbons (Fsp3) is 0.625. The summed E-state index contributed by atoms with van der Waals surface area (Å²) in [6, 6.07) is 0. The largest absolute Gasteiger partial charge is 0.300 e. The predicted molar refractivity (Wildman–Crippen MR) is 40.2 cm³/mol. The molecule has 0 aromatic rings. The molecule has 0 heterocycles. The van der Waals surface area contributed by atoms with Crippen LogP contribution in [0, 0.1) is 0 Å². The van der Waals surface area contributed by atoms with Crippen LogP contribution >= 0.6 is 0 Å². The molecule has 11 heavy (non-hydrogen) atoms. The Hall–Kier alpha value is -0.990. The second-order valence-electron chi connectivity index (χ2n) is 2.53. The molecule has 0 bridgehead atoms. The molecule has 0 atom stereocenters. The Balaban J connectivity index is 3.47. The first-order chi connectivity index (χ1) is 5.04. The molecule has 0 spiro atoms. The van der Waals surface area contributed by atoms with Crippen LogP contribution in [0.4, 0.5) is 0 Å². The SMILES string of the molecule is CC(=O)CCCC(=O)C(C)=O. The monoisotopic (exact) mass is 156 g/mol. The maximum atomic E-state index is 10.7. The van der Waals surface area contributed by atoms with Gasteiger partial charge in [-0.25, -0.2) is 0 Å². The van der Waals surface area contributed by atoms with E-state index in [1.807, 2.05) is 0 Å². The van der Waals surface area contributed by atoms with Gasteiger partial charge in [0.25, 0.3) is 0 Å². The second kappa shape index (κ2) is 4.77. The summed E-state index contributed by atoms with van der Waals surface area (Å²) >= 11 is 0. The zero-order valence-corrected chi connectivity index (χ0v) is 6.85. The summed E-state index contributed by atoms with van der Waals surface area (Å²) in [7, 11) is 0. The molecule has 62 valence electrons. The van der Waals surface area contributed by atoms with E-state index in [4.69, 9.17) is 0 Å². The van der Waals surface area contributed by atoms with E-state index in [0.717, 1.165) is 0 Å². The number of ketones is 3. The molecule has 0 aliphatic carbocycles. The van der Waals surface area contributed by atoms with Gasteiger partial charge in [-0.05, 0) is 13.3 Å². The Morgan fingerprint density at radius 3 is 1.91 bits per heavy atom. The van der Waals surface area contributed by atoms with Gasteiger partial charge in [0.05, 0.1) is 0 Å². The van der Waals surface area contributed by atoms with E-state index in [2.05, 4.69) is 0 Å². The number of carbonyl (C=O) groups is 3. The van der Waals surface area contributed by atoms with E-state index in [1.165, 1.54) is 13.8 Å². The normalized spacial score (nSPS) is 9.27. The van der Waals surface area contributed by atoms with Crippen molar-refractivity contribution in [3.05, 3.63) is 0 Å². The lowest BCUT2D eigenvalue weighted by Crippen LogP contribution is -2.09. The summed E-state index contributed by atoms with van der Waals surface area (Å²) < 4.78 is 0. The van der Waals surface area contributed by atoms with E-state index >= 15 is 0 Å². The highest BCUT2D eigenvalue weighted by molar-refractivity contribution is 6.36. The molecule has 0 radical (unpaired) electrons. The van der Waals surface area contributed by atoms with Gasteiger partial charge in [0.2, 0.25) is 0 Å². The summed E-state index contributed by atoms with van der Waals surface area (Å²) in [5, 5.41) is 0. The van der Waals surface area contributed by atoms with Crippen LogP contribution in [0.5, 0.6) is 0 Å². The zero-order valence-electron chi connectivity index (χ0n) is 6.85. The quantitative estimate of drug-likeness (QED) is 0.556. The fourth-order valence-electron chi connectivity index (χ4n) is 0.674. The second-order valence-corrected chi connectivity index (χ2v) is 2.53. The van der Waals surface area contributed by atoms with E-state index in [0.29, 0.717) is 12.8 Å². The third kappa shape index (κ3) is 5.45. The van der Waals surface area contributed by atoms with Gasteiger partial charge in [-0.15, -0.1) is 0 Å². The first-order valence-electron chi connectivity index (χ1n) is 3.57.